The maximum Gasteiger partial charge on any atom is 0.341 e. The zero-order chi connectivity index (χ0) is 13.0. The minimum absolute atomic E-state index is 0.0440. The number of hydrogen-bond acceptors (Lipinski definition) is 6. The first-order valence-corrected chi connectivity index (χ1v) is 4.45. The third kappa shape index (κ3) is 2.39. The number of aldehydes is 1. The van der Waals surface area contributed by atoms with Crippen LogP contribution in [0.3, 0.4) is 0 Å². The number of nitro benzene ring substituents is 1. The van der Waals surface area contributed by atoms with Crippen LogP contribution in [0.15, 0.2) is 12.1 Å². The number of rotatable bonds is 4. The van der Waals surface area contributed by atoms with Gasteiger partial charge in [0.15, 0.2) is 6.29 Å². The maximum absolute atomic E-state index is 11.4. The van der Waals surface area contributed by atoms with Crippen LogP contribution in [-0.2, 0) is 4.74 Å². The molecule has 0 aliphatic rings. The summed E-state index contributed by atoms with van der Waals surface area (Å²) in [5, 5.41) is 10.6. The fourth-order valence-electron chi connectivity index (χ4n) is 1.32. The number of nitrogens with zero attached hydrogens (tertiary/aromatic N) is 1. The summed E-state index contributed by atoms with van der Waals surface area (Å²) in [6.45, 7) is 0. The van der Waals surface area contributed by atoms with E-state index in [9.17, 15) is 19.7 Å². The van der Waals surface area contributed by atoms with Crippen molar-refractivity contribution in [3.8, 4) is 5.75 Å². The molecular weight excluding hydrogens is 230 g/mol. The van der Waals surface area contributed by atoms with E-state index >= 15 is 0 Å². The van der Waals surface area contributed by atoms with Gasteiger partial charge in [-0.3, -0.25) is 14.9 Å². The quantitative estimate of drug-likeness (QED) is 0.339. The van der Waals surface area contributed by atoms with E-state index in [1.807, 2.05) is 0 Å². The van der Waals surface area contributed by atoms with Gasteiger partial charge in [-0.05, 0) is 0 Å². The van der Waals surface area contributed by atoms with Gasteiger partial charge in [0.05, 0.1) is 24.7 Å². The third-order valence-electron chi connectivity index (χ3n) is 2.05. The fraction of sp³-hybridized carbons (Fsp3) is 0.200. The van der Waals surface area contributed by atoms with Crippen LogP contribution in [-0.4, -0.2) is 31.4 Å². The number of benzene rings is 1. The second-order valence-corrected chi connectivity index (χ2v) is 2.98. The Hall–Kier alpha value is -2.44. The first kappa shape index (κ1) is 12.6. The Morgan fingerprint density at radius 3 is 2.47 bits per heavy atom. The highest BCUT2D eigenvalue weighted by atomic mass is 16.6. The van der Waals surface area contributed by atoms with Crippen molar-refractivity contribution in [3.63, 3.8) is 0 Å². The molecule has 0 fully saturated rings. The van der Waals surface area contributed by atoms with Crippen molar-refractivity contribution >= 4 is 17.9 Å². The predicted octanol–water partition coefficient (Wildman–Crippen LogP) is 1.20. The molecule has 0 saturated heterocycles. The first-order valence-electron chi connectivity index (χ1n) is 4.45. The van der Waals surface area contributed by atoms with Crippen molar-refractivity contribution in [3.05, 3.63) is 33.4 Å². The molecule has 0 radical (unpaired) electrons. The molecule has 0 aliphatic carbocycles. The molecule has 0 amide bonds. The first-order chi connectivity index (χ1) is 8.04. The lowest BCUT2D eigenvalue weighted by Crippen LogP contribution is -2.07. The molecule has 1 aromatic carbocycles. The van der Waals surface area contributed by atoms with Crippen molar-refractivity contribution in [2.24, 2.45) is 0 Å². The zero-order valence-corrected chi connectivity index (χ0v) is 9.13. The highest BCUT2D eigenvalue weighted by Gasteiger charge is 2.22. The molecule has 1 rings (SSSR count). The normalized spacial score (nSPS) is 9.53. The molecule has 0 aliphatic heterocycles. The van der Waals surface area contributed by atoms with Crippen LogP contribution in [0.5, 0.6) is 5.75 Å². The summed E-state index contributed by atoms with van der Waals surface area (Å²) in [7, 11) is 2.38. The molecule has 0 atom stereocenters. The standard InChI is InChI=1S/C10H9NO6/c1-16-9-6(5-12)3-7(11(14)15)4-8(9)10(13)17-2/h3-5H,1-2H3. The van der Waals surface area contributed by atoms with Crippen LogP contribution in [0.2, 0.25) is 0 Å². The lowest BCUT2D eigenvalue weighted by Gasteiger charge is -2.08. The average molecular weight is 239 g/mol. The fourth-order valence-corrected chi connectivity index (χ4v) is 1.32. The van der Waals surface area contributed by atoms with Crippen LogP contribution in [0.1, 0.15) is 20.7 Å². The molecule has 0 saturated carbocycles. The van der Waals surface area contributed by atoms with Crippen LogP contribution in [0.4, 0.5) is 5.69 Å². The molecular formula is C10H9NO6. The summed E-state index contributed by atoms with van der Waals surface area (Å²) < 4.78 is 9.33. The summed E-state index contributed by atoms with van der Waals surface area (Å²) >= 11 is 0. The van der Waals surface area contributed by atoms with Crippen molar-refractivity contribution < 1.29 is 24.0 Å². The van der Waals surface area contributed by atoms with Gasteiger partial charge in [0.1, 0.15) is 11.3 Å². The van der Waals surface area contributed by atoms with Gasteiger partial charge in [0.25, 0.3) is 5.69 Å². The molecule has 7 heteroatoms. The second-order valence-electron chi connectivity index (χ2n) is 2.98. The molecule has 90 valence electrons. The highest BCUT2D eigenvalue weighted by molar-refractivity contribution is 5.97. The van der Waals surface area contributed by atoms with Crippen molar-refractivity contribution in [1.82, 2.24) is 0 Å². The van der Waals surface area contributed by atoms with Gasteiger partial charge < -0.3 is 9.47 Å². The summed E-state index contributed by atoms with van der Waals surface area (Å²) in [6, 6.07) is 2.02. The molecule has 7 nitrogen and oxygen atoms in total. The molecule has 0 unspecified atom stereocenters. The topological polar surface area (TPSA) is 95.7 Å². The lowest BCUT2D eigenvalue weighted by molar-refractivity contribution is -0.384. The summed E-state index contributed by atoms with van der Waals surface area (Å²) in [6.07, 6.45) is 0.373. The summed E-state index contributed by atoms with van der Waals surface area (Å²) in [4.78, 5) is 32.1. The summed E-state index contributed by atoms with van der Waals surface area (Å²) in [5.41, 5.74) is -0.623. The van der Waals surface area contributed by atoms with Gasteiger partial charge in [-0.25, -0.2) is 4.79 Å². The van der Waals surface area contributed by atoms with Crippen LogP contribution >= 0.6 is 0 Å². The number of nitro groups is 1. The second kappa shape index (κ2) is 5.06. The smallest absolute Gasteiger partial charge is 0.341 e. The van der Waals surface area contributed by atoms with Gasteiger partial charge in [0, 0.05) is 12.1 Å². The molecule has 1 aromatic rings. The average Bonchev–Trinajstić information content (AvgIpc) is 2.35. The molecule has 0 heterocycles. The Balaban J connectivity index is 3.53. The van der Waals surface area contributed by atoms with E-state index in [1.165, 1.54) is 7.11 Å². The molecule has 0 spiro atoms. The number of non-ortho nitro benzene ring substituents is 1. The number of hydrogen-bond donors (Lipinski definition) is 0. The lowest BCUT2D eigenvalue weighted by atomic mass is 10.1. The van der Waals surface area contributed by atoms with E-state index in [2.05, 4.69) is 4.74 Å². The Kier molecular flexibility index (Phi) is 3.76. The van der Waals surface area contributed by atoms with Crippen LogP contribution in [0.25, 0.3) is 0 Å². The van der Waals surface area contributed by atoms with Crippen molar-refractivity contribution in [2.45, 2.75) is 0 Å². The zero-order valence-electron chi connectivity index (χ0n) is 9.13. The van der Waals surface area contributed by atoms with Gasteiger partial charge in [0.2, 0.25) is 0 Å². The van der Waals surface area contributed by atoms with E-state index in [0.29, 0.717) is 6.29 Å². The maximum atomic E-state index is 11.4. The molecule has 0 aromatic heterocycles. The van der Waals surface area contributed by atoms with Crippen molar-refractivity contribution in [1.29, 1.82) is 0 Å². The Bertz CT molecular complexity index is 482. The minimum Gasteiger partial charge on any atom is -0.495 e. The monoisotopic (exact) mass is 239 g/mol. The molecule has 0 N–H and O–H groups in total. The van der Waals surface area contributed by atoms with Crippen molar-refractivity contribution in [2.75, 3.05) is 14.2 Å². The largest absolute Gasteiger partial charge is 0.495 e. The van der Waals surface area contributed by atoms with E-state index in [-0.39, 0.29) is 22.6 Å². The third-order valence-corrected chi connectivity index (χ3v) is 2.05. The van der Waals surface area contributed by atoms with Gasteiger partial charge in [-0.2, -0.15) is 0 Å². The van der Waals surface area contributed by atoms with Gasteiger partial charge in [-0.1, -0.05) is 0 Å². The number of carbonyl (C=O) groups is 2. The number of ether oxygens (including phenoxy) is 2. The Morgan fingerprint density at radius 2 is 2.06 bits per heavy atom. The SMILES string of the molecule is COC(=O)c1cc([N+](=O)[O-])cc(C=O)c1OC. The number of methoxy groups -OCH3 is 2. The molecule has 0 bridgehead atoms. The highest BCUT2D eigenvalue weighted by Crippen LogP contribution is 2.28. The van der Waals surface area contributed by atoms with E-state index in [0.717, 1.165) is 19.2 Å². The number of carbonyl (C=O) groups excluding carboxylic acids is 2. The van der Waals surface area contributed by atoms with E-state index < -0.39 is 10.9 Å². The van der Waals surface area contributed by atoms with Gasteiger partial charge >= 0.3 is 5.97 Å². The molecule has 17 heavy (non-hydrogen) atoms. The van der Waals surface area contributed by atoms with Crippen LogP contribution in [0, 0.1) is 10.1 Å². The summed E-state index contributed by atoms with van der Waals surface area (Å²) in [5.74, 6) is -0.855. The Morgan fingerprint density at radius 1 is 1.41 bits per heavy atom. The van der Waals surface area contributed by atoms with Crippen LogP contribution < -0.4 is 4.74 Å². The predicted molar refractivity (Wildman–Crippen MR) is 56.4 cm³/mol. The number of esters is 1. The minimum atomic E-state index is -0.811. The van der Waals surface area contributed by atoms with E-state index in [1.54, 1.807) is 0 Å². The Labute approximate surface area is 96.1 Å². The van der Waals surface area contributed by atoms with Gasteiger partial charge in [-0.15, -0.1) is 0 Å². The van der Waals surface area contributed by atoms with E-state index in [4.69, 9.17) is 4.74 Å².